The second kappa shape index (κ2) is 5.32. The summed E-state index contributed by atoms with van der Waals surface area (Å²) in [6.07, 6.45) is -2.67. The molecule has 4 nitrogen and oxygen atoms in total. The number of rotatable bonds is 2. The zero-order chi connectivity index (χ0) is 14.0. The molecule has 2 rings (SSSR count). The van der Waals surface area contributed by atoms with Crippen LogP contribution in [0.5, 0.6) is 0 Å². The van der Waals surface area contributed by atoms with Gasteiger partial charge in [-0.15, -0.1) is 10.2 Å². The van der Waals surface area contributed by atoms with Crippen LogP contribution in [0.25, 0.3) is 0 Å². The Bertz CT molecular complexity index is 418. The smallest absolute Gasteiger partial charge is 0.355 e. The molecule has 106 valence electrons. The summed E-state index contributed by atoms with van der Waals surface area (Å²) in [5.41, 5.74) is 5.04. The van der Waals surface area contributed by atoms with E-state index in [0.29, 0.717) is 18.3 Å². The number of aromatic nitrogens is 2. The molecule has 1 aliphatic heterocycles. The fourth-order valence-electron chi connectivity index (χ4n) is 2.34. The maximum Gasteiger partial charge on any atom is 0.435 e. The van der Waals surface area contributed by atoms with Gasteiger partial charge in [0.2, 0.25) is 0 Å². The zero-order valence-electron chi connectivity index (χ0n) is 10.7. The first-order valence-corrected chi connectivity index (χ1v) is 6.33. The standard InChI is InChI=1S/C12H17F3N4/c1-2-8-7-19(6-5-9(8)16)11-4-3-10(17-18-11)12(13,14)15/h3-4,8-9H,2,5-7,16H2,1H3. The Labute approximate surface area is 109 Å². The molecule has 0 radical (unpaired) electrons. The summed E-state index contributed by atoms with van der Waals surface area (Å²) in [5.74, 6) is 0.830. The molecule has 0 saturated carbocycles. The third kappa shape index (κ3) is 3.15. The Kier molecular flexibility index (Phi) is 3.93. The van der Waals surface area contributed by atoms with Crippen molar-refractivity contribution in [3.63, 3.8) is 0 Å². The topological polar surface area (TPSA) is 55.0 Å². The number of hydrogen-bond donors (Lipinski definition) is 1. The van der Waals surface area contributed by atoms with Gasteiger partial charge in [-0.1, -0.05) is 13.3 Å². The van der Waals surface area contributed by atoms with Crippen LogP contribution in [0.15, 0.2) is 12.1 Å². The van der Waals surface area contributed by atoms with Gasteiger partial charge in [-0.2, -0.15) is 13.2 Å². The van der Waals surface area contributed by atoms with Crippen LogP contribution in [0, 0.1) is 5.92 Å². The van der Waals surface area contributed by atoms with E-state index in [-0.39, 0.29) is 6.04 Å². The minimum atomic E-state index is -4.44. The van der Waals surface area contributed by atoms with Gasteiger partial charge in [0.25, 0.3) is 0 Å². The van der Waals surface area contributed by atoms with Gasteiger partial charge in [-0.05, 0) is 24.5 Å². The minimum Gasteiger partial charge on any atom is -0.355 e. The Balaban J connectivity index is 2.10. The summed E-state index contributed by atoms with van der Waals surface area (Å²) >= 11 is 0. The fraction of sp³-hybridized carbons (Fsp3) is 0.667. The molecule has 1 aliphatic rings. The third-order valence-electron chi connectivity index (χ3n) is 3.58. The van der Waals surface area contributed by atoms with Crippen molar-refractivity contribution < 1.29 is 13.2 Å². The van der Waals surface area contributed by atoms with E-state index in [0.717, 1.165) is 25.5 Å². The molecule has 2 atom stereocenters. The van der Waals surface area contributed by atoms with Crippen molar-refractivity contribution >= 4 is 5.82 Å². The third-order valence-corrected chi connectivity index (χ3v) is 3.58. The molecule has 1 aromatic rings. The van der Waals surface area contributed by atoms with Crippen LogP contribution in [0.2, 0.25) is 0 Å². The van der Waals surface area contributed by atoms with E-state index in [1.165, 1.54) is 6.07 Å². The van der Waals surface area contributed by atoms with E-state index >= 15 is 0 Å². The largest absolute Gasteiger partial charge is 0.435 e. The molecule has 0 aromatic carbocycles. The van der Waals surface area contributed by atoms with Crippen LogP contribution in [0.1, 0.15) is 25.5 Å². The van der Waals surface area contributed by atoms with E-state index < -0.39 is 11.9 Å². The van der Waals surface area contributed by atoms with Crippen molar-refractivity contribution in [2.75, 3.05) is 18.0 Å². The van der Waals surface area contributed by atoms with Crippen molar-refractivity contribution in [1.29, 1.82) is 0 Å². The first-order chi connectivity index (χ1) is 8.91. The second-order valence-electron chi connectivity index (χ2n) is 4.84. The Morgan fingerprint density at radius 3 is 2.63 bits per heavy atom. The highest BCUT2D eigenvalue weighted by Gasteiger charge is 2.33. The number of nitrogens with two attached hydrogens (primary N) is 1. The Hall–Kier alpha value is -1.37. The molecule has 0 bridgehead atoms. The van der Waals surface area contributed by atoms with E-state index in [2.05, 4.69) is 17.1 Å². The first kappa shape index (κ1) is 14.0. The molecular weight excluding hydrogens is 257 g/mol. The predicted octanol–water partition coefficient (Wildman–Crippen LogP) is 2.06. The molecule has 2 N–H and O–H groups in total. The molecule has 2 unspecified atom stereocenters. The zero-order valence-corrected chi connectivity index (χ0v) is 10.7. The first-order valence-electron chi connectivity index (χ1n) is 6.33. The van der Waals surface area contributed by atoms with E-state index in [4.69, 9.17) is 5.73 Å². The summed E-state index contributed by atoms with van der Waals surface area (Å²) < 4.78 is 37.2. The van der Waals surface area contributed by atoms with Gasteiger partial charge >= 0.3 is 6.18 Å². The van der Waals surface area contributed by atoms with Gasteiger partial charge in [-0.25, -0.2) is 0 Å². The summed E-state index contributed by atoms with van der Waals surface area (Å²) in [6.45, 7) is 3.49. The number of hydrogen-bond acceptors (Lipinski definition) is 4. The van der Waals surface area contributed by atoms with Crippen LogP contribution >= 0.6 is 0 Å². The van der Waals surface area contributed by atoms with Crippen LogP contribution in [0.3, 0.4) is 0 Å². The molecule has 1 fully saturated rings. The quantitative estimate of drug-likeness (QED) is 0.897. The Morgan fingerprint density at radius 1 is 1.37 bits per heavy atom. The molecule has 0 amide bonds. The number of alkyl halides is 3. The molecule has 0 spiro atoms. The number of anilines is 1. The molecular formula is C12H17F3N4. The fourth-order valence-corrected chi connectivity index (χ4v) is 2.34. The monoisotopic (exact) mass is 274 g/mol. The van der Waals surface area contributed by atoms with Gasteiger partial charge in [-0.3, -0.25) is 0 Å². The number of piperidine rings is 1. The van der Waals surface area contributed by atoms with E-state index in [9.17, 15) is 13.2 Å². The highest BCUT2D eigenvalue weighted by molar-refractivity contribution is 5.38. The van der Waals surface area contributed by atoms with Gasteiger partial charge in [0.15, 0.2) is 11.5 Å². The lowest BCUT2D eigenvalue weighted by Gasteiger charge is -2.36. The van der Waals surface area contributed by atoms with Crippen LogP contribution in [-0.2, 0) is 6.18 Å². The van der Waals surface area contributed by atoms with Crippen molar-refractivity contribution in [3.05, 3.63) is 17.8 Å². The average molecular weight is 274 g/mol. The molecule has 0 aliphatic carbocycles. The second-order valence-corrected chi connectivity index (χ2v) is 4.84. The van der Waals surface area contributed by atoms with Gasteiger partial charge < -0.3 is 10.6 Å². The normalized spacial score (nSPS) is 24.6. The molecule has 2 heterocycles. The molecule has 1 aromatic heterocycles. The van der Waals surface area contributed by atoms with Gasteiger partial charge in [0.1, 0.15) is 0 Å². The maximum absolute atomic E-state index is 12.4. The molecule has 19 heavy (non-hydrogen) atoms. The maximum atomic E-state index is 12.4. The van der Waals surface area contributed by atoms with Crippen LogP contribution in [0.4, 0.5) is 19.0 Å². The van der Waals surface area contributed by atoms with Crippen molar-refractivity contribution in [1.82, 2.24) is 10.2 Å². The lowest BCUT2D eigenvalue weighted by Crippen LogP contribution is -2.47. The highest BCUT2D eigenvalue weighted by atomic mass is 19.4. The van der Waals surface area contributed by atoms with Crippen LogP contribution < -0.4 is 10.6 Å². The molecule has 1 saturated heterocycles. The van der Waals surface area contributed by atoms with Crippen LogP contribution in [-0.4, -0.2) is 29.3 Å². The SMILES string of the molecule is CCC1CN(c2ccc(C(F)(F)F)nn2)CCC1N. The van der Waals surface area contributed by atoms with Crippen molar-refractivity contribution in [2.24, 2.45) is 11.7 Å². The lowest BCUT2D eigenvalue weighted by atomic mass is 9.91. The molecule has 7 heteroatoms. The highest BCUT2D eigenvalue weighted by Crippen LogP contribution is 2.28. The van der Waals surface area contributed by atoms with Crippen molar-refractivity contribution in [2.45, 2.75) is 32.0 Å². The minimum absolute atomic E-state index is 0.156. The number of halogens is 3. The Morgan fingerprint density at radius 2 is 2.11 bits per heavy atom. The number of nitrogens with zero attached hydrogens (tertiary/aromatic N) is 3. The summed E-state index contributed by atoms with van der Waals surface area (Å²) in [7, 11) is 0. The van der Waals surface area contributed by atoms with E-state index in [1.807, 2.05) is 4.90 Å². The summed E-state index contributed by atoms with van der Waals surface area (Å²) in [6, 6.07) is 2.50. The van der Waals surface area contributed by atoms with Crippen molar-refractivity contribution in [3.8, 4) is 0 Å². The summed E-state index contributed by atoms with van der Waals surface area (Å²) in [5, 5.41) is 6.92. The van der Waals surface area contributed by atoms with Gasteiger partial charge in [0, 0.05) is 19.1 Å². The van der Waals surface area contributed by atoms with Gasteiger partial charge in [0.05, 0.1) is 0 Å². The predicted molar refractivity (Wildman–Crippen MR) is 65.6 cm³/mol. The lowest BCUT2D eigenvalue weighted by molar-refractivity contribution is -0.141. The summed E-state index contributed by atoms with van der Waals surface area (Å²) in [4.78, 5) is 1.95. The van der Waals surface area contributed by atoms with E-state index in [1.54, 1.807) is 0 Å². The average Bonchev–Trinajstić information content (AvgIpc) is 2.38.